The SMILES string of the molecule is CC(NC(=O)C(NC(=O)C(CO)NC(=O)C(N)C(C)O)C(C)O)C(=O)O. The van der Waals surface area contributed by atoms with Crippen molar-refractivity contribution in [3.63, 3.8) is 0 Å². The van der Waals surface area contributed by atoms with Crippen LogP contribution in [0.2, 0.25) is 0 Å². The number of nitrogens with two attached hydrogens (primary N) is 1. The third kappa shape index (κ3) is 7.31. The minimum Gasteiger partial charge on any atom is -0.480 e. The van der Waals surface area contributed by atoms with Gasteiger partial charge in [0.2, 0.25) is 17.7 Å². The maximum absolute atomic E-state index is 12.1. The molecule has 0 spiro atoms. The van der Waals surface area contributed by atoms with Gasteiger partial charge in [0.25, 0.3) is 0 Å². The normalized spacial score (nSPS) is 17.8. The summed E-state index contributed by atoms with van der Waals surface area (Å²) in [5.41, 5.74) is 5.41. The van der Waals surface area contributed by atoms with Gasteiger partial charge >= 0.3 is 5.97 Å². The molecule has 0 heterocycles. The van der Waals surface area contributed by atoms with Gasteiger partial charge in [0.05, 0.1) is 18.8 Å². The number of hydrogen-bond donors (Lipinski definition) is 8. The highest BCUT2D eigenvalue weighted by atomic mass is 16.4. The lowest BCUT2D eigenvalue weighted by molar-refractivity contribution is -0.142. The van der Waals surface area contributed by atoms with Crippen LogP contribution in [0.25, 0.3) is 0 Å². The lowest BCUT2D eigenvalue weighted by Crippen LogP contribution is -2.60. The molecule has 0 radical (unpaired) electrons. The van der Waals surface area contributed by atoms with Crippen molar-refractivity contribution in [1.82, 2.24) is 16.0 Å². The summed E-state index contributed by atoms with van der Waals surface area (Å²) >= 11 is 0. The molecule has 150 valence electrons. The van der Waals surface area contributed by atoms with E-state index in [0.29, 0.717) is 0 Å². The van der Waals surface area contributed by atoms with Crippen molar-refractivity contribution in [2.24, 2.45) is 5.73 Å². The van der Waals surface area contributed by atoms with E-state index in [0.717, 1.165) is 0 Å². The first kappa shape index (κ1) is 23.7. The maximum Gasteiger partial charge on any atom is 0.325 e. The minimum atomic E-state index is -1.53. The average Bonchev–Trinajstić information content (AvgIpc) is 2.55. The molecule has 0 aromatic heterocycles. The van der Waals surface area contributed by atoms with Crippen molar-refractivity contribution >= 4 is 23.7 Å². The molecule has 6 atom stereocenters. The Morgan fingerprint density at radius 1 is 0.885 bits per heavy atom. The fraction of sp³-hybridized carbons (Fsp3) is 0.714. The molecule has 0 aliphatic heterocycles. The van der Waals surface area contributed by atoms with Crippen LogP contribution in [0.3, 0.4) is 0 Å². The lowest BCUT2D eigenvalue weighted by Gasteiger charge is -2.25. The van der Waals surface area contributed by atoms with Gasteiger partial charge in [-0.15, -0.1) is 0 Å². The van der Waals surface area contributed by atoms with Crippen LogP contribution in [0.4, 0.5) is 0 Å². The summed E-state index contributed by atoms with van der Waals surface area (Å²) in [7, 11) is 0. The molecule has 12 heteroatoms. The molecule has 0 aromatic rings. The summed E-state index contributed by atoms with van der Waals surface area (Å²) in [6.07, 6.45) is -2.60. The molecule has 0 saturated carbocycles. The smallest absolute Gasteiger partial charge is 0.325 e. The van der Waals surface area contributed by atoms with Crippen molar-refractivity contribution in [2.45, 2.75) is 57.1 Å². The van der Waals surface area contributed by atoms with Crippen LogP contribution in [0.5, 0.6) is 0 Å². The van der Waals surface area contributed by atoms with Crippen LogP contribution in [0.15, 0.2) is 0 Å². The number of amides is 3. The van der Waals surface area contributed by atoms with Gasteiger partial charge in [0.15, 0.2) is 0 Å². The summed E-state index contributed by atoms with van der Waals surface area (Å²) < 4.78 is 0. The van der Waals surface area contributed by atoms with Gasteiger partial charge in [0.1, 0.15) is 24.2 Å². The number of carboxylic acids is 1. The molecule has 0 saturated heterocycles. The topological polar surface area (TPSA) is 211 Å². The predicted octanol–water partition coefficient (Wildman–Crippen LogP) is -4.37. The summed E-state index contributed by atoms with van der Waals surface area (Å²) in [6, 6.07) is -5.64. The highest BCUT2D eigenvalue weighted by Crippen LogP contribution is 1.98. The summed E-state index contributed by atoms with van der Waals surface area (Å²) in [6.45, 7) is 2.79. The van der Waals surface area contributed by atoms with Gasteiger partial charge < -0.3 is 42.1 Å². The Balaban J connectivity index is 5.03. The zero-order valence-corrected chi connectivity index (χ0v) is 14.7. The van der Waals surface area contributed by atoms with Gasteiger partial charge in [-0.25, -0.2) is 0 Å². The van der Waals surface area contributed by atoms with Crippen molar-refractivity contribution < 1.29 is 39.6 Å². The predicted molar refractivity (Wildman–Crippen MR) is 87.5 cm³/mol. The molecule has 0 fully saturated rings. The van der Waals surface area contributed by atoms with Gasteiger partial charge in [-0.2, -0.15) is 0 Å². The molecule has 0 aromatic carbocycles. The van der Waals surface area contributed by atoms with Crippen LogP contribution in [0, 0.1) is 0 Å². The second kappa shape index (κ2) is 10.7. The molecule has 12 nitrogen and oxygen atoms in total. The first-order chi connectivity index (χ1) is 11.9. The summed E-state index contributed by atoms with van der Waals surface area (Å²) in [5, 5.41) is 43.2. The largest absolute Gasteiger partial charge is 0.480 e. The van der Waals surface area contributed by atoms with E-state index < -0.39 is 66.7 Å². The van der Waals surface area contributed by atoms with Crippen LogP contribution in [-0.2, 0) is 19.2 Å². The number of aliphatic hydroxyl groups excluding tert-OH is 3. The number of carbonyl (C=O) groups excluding carboxylic acids is 3. The highest BCUT2D eigenvalue weighted by molar-refractivity contribution is 5.94. The number of aliphatic carboxylic acids is 1. The highest BCUT2D eigenvalue weighted by Gasteiger charge is 2.32. The molecule has 0 bridgehead atoms. The Labute approximate surface area is 149 Å². The number of rotatable bonds is 10. The monoisotopic (exact) mass is 378 g/mol. The number of aliphatic hydroxyl groups is 3. The zero-order chi connectivity index (χ0) is 20.6. The quantitative estimate of drug-likeness (QED) is 0.184. The van der Waals surface area contributed by atoms with E-state index in [4.69, 9.17) is 10.8 Å². The Hall–Kier alpha value is -2.28. The van der Waals surface area contributed by atoms with Crippen LogP contribution < -0.4 is 21.7 Å². The van der Waals surface area contributed by atoms with E-state index in [1.165, 1.54) is 20.8 Å². The number of nitrogens with one attached hydrogen (secondary N) is 3. The van der Waals surface area contributed by atoms with E-state index in [2.05, 4.69) is 16.0 Å². The summed E-state index contributed by atoms with van der Waals surface area (Å²) in [4.78, 5) is 46.7. The Morgan fingerprint density at radius 2 is 1.42 bits per heavy atom. The van der Waals surface area contributed by atoms with Crippen LogP contribution in [-0.4, -0.2) is 87.1 Å². The van der Waals surface area contributed by atoms with E-state index in [1.54, 1.807) is 0 Å². The lowest BCUT2D eigenvalue weighted by atomic mass is 10.1. The van der Waals surface area contributed by atoms with Gasteiger partial charge in [-0.05, 0) is 20.8 Å². The van der Waals surface area contributed by atoms with E-state index in [9.17, 15) is 34.5 Å². The molecule has 0 rings (SSSR count). The number of carboxylic acid groups (broad SMARTS) is 1. The Bertz CT molecular complexity index is 525. The number of hydrogen-bond acceptors (Lipinski definition) is 8. The standard InChI is InChI=1S/C14H26N4O8/c1-5(14(25)26)16-13(24)10(7(3)21)18-11(22)8(4-19)17-12(23)9(15)6(2)20/h5-10,19-21H,4,15H2,1-3H3,(H,16,24)(H,17,23)(H,18,22)(H,25,26). The summed E-state index contributed by atoms with van der Waals surface area (Å²) in [5.74, 6) is -4.21. The molecule has 26 heavy (non-hydrogen) atoms. The third-order valence-electron chi connectivity index (χ3n) is 3.43. The molecular formula is C14H26N4O8. The fourth-order valence-electron chi connectivity index (χ4n) is 1.71. The van der Waals surface area contributed by atoms with E-state index in [-0.39, 0.29) is 0 Å². The van der Waals surface area contributed by atoms with Crippen LogP contribution >= 0.6 is 0 Å². The van der Waals surface area contributed by atoms with Crippen molar-refractivity contribution in [2.75, 3.05) is 6.61 Å². The van der Waals surface area contributed by atoms with E-state index >= 15 is 0 Å². The molecule has 3 amide bonds. The average molecular weight is 378 g/mol. The first-order valence-corrected chi connectivity index (χ1v) is 7.78. The Kier molecular flexibility index (Phi) is 9.72. The molecule has 6 unspecified atom stereocenters. The van der Waals surface area contributed by atoms with E-state index in [1.807, 2.05) is 0 Å². The second-order valence-corrected chi connectivity index (χ2v) is 5.81. The van der Waals surface area contributed by atoms with Gasteiger partial charge in [0, 0.05) is 0 Å². The number of carbonyl (C=O) groups is 4. The van der Waals surface area contributed by atoms with Crippen molar-refractivity contribution in [3.8, 4) is 0 Å². The second-order valence-electron chi connectivity index (χ2n) is 5.81. The Morgan fingerprint density at radius 3 is 1.81 bits per heavy atom. The van der Waals surface area contributed by atoms with Crippen molar-refractivity contribution in [3.05, 3.63) is 0 Å². The van der Waals surface area contributed by atoms with Crippen molar-refractivity contribution in [1.29, 1.82) is 0 Å². The molecule has 0 aliphatic carbocycles. The minimum absolute atomic E-state index is 0.843. The zero-order valence-electron chi connectivity index (χ0n) is 14.7. The molecule has 9 N–H and O–H groups in total. The molecular weight excluding hydrogens is 352 g/mol. The van der Waals surface area contributed by atoms with Crippen LogP contribution in [0.1, 0.15) is 20.8 Å². The van der Waals surface area contributed by atoms with Gasteiger partial charge in [-0.3, -0.25) is 19.2 Å². The van der Waals surface area contributed by atoms with Gasteiger partial charge in [-0.1, -0.05) is 0 Å². The molecule has 0 aliphatic rings. The fourth-order valence-corrected chi connectivity index (χ4v) is 1.71. The first-order valence-electron chi connectivity index (χ1n) is 7.78. The third-order valence-corrected chi connectivity index (χ3v) is 3.43. The maximum atomic E-state index is 12.1.